The molecule has 0 saturated carbocycles. The van der Waals surface area contributed by atoms with Gasteiger partial charge in [0.05, 0.1) is 5.56 Å². The molecule has 0 N–H and O–H groups in total. The Balaban J connectivity index is 2.19. The number of halogens is 3. The van der Waals surface area contributed by atoms with Crippen LogP contribution in [-0.4, -0.2) is 23.9 Å². The minimum absolute atomic E-state index is 0.00730. The van der Waals surface area contributed by atoms with E-state index in [1.54, 1.807) is 4.90 Å². The van der Waals surface area contributed by atoms with Crippen LogP contribution in [0.4, 0.5) is 18.9 Å². The van der Waals surface area contributed by atoms with Crippen molar-refractivity contribution < 1.29 is 18.0 Å². The first-order valence-corrected chi connectivity index (χ1v) is 6.80. The van der Waals surface area contributed by atoms with Gasteiger partial charge < -0.3 is 4.90 Å². The second kappa shape index (κ2) is 6.29. The molecule has 0 bridgehead atoms. The molecule has 1 aliphatic heterocycles. The summed E-state index contributed by atoms with van der Waals surface area (Å²) in [6.07, 6.45) is -2.44. The standard InChI is InChI=1S/C15H15F3N2O2/c1-2-13(21)20-7-6-10(9-20)8-11-4-3-5-12(14(11)19-22)15(16,17)18/h2-5,10H,1,6-9H2/t10-/m1/s1. The van der Waals surface area contributed by atoms with Crippen molar-refractivity contribution in [3.8, 4) is 0 Å². The lowest BCUT2D eigenvalue weighted by molar-refractivity contribution is -0.137. The Morgan fingerprint density at radius 2 is 2.18 bits per heavy atom. The van der Waals surface area contributed by atoms with Gasteiger partial charge in [0, 0.05) is 13.1 Å². The second-order valence-corrected chi connectivity index (χ2v) is 5.25. The third-order valence-corrected chi connectivity index (χ3v) is 3.80. The summed E-state index contributed by atoms with van der Waals surface area (Å²) < 4.78 is 38.6. The first-order chi connectivity index (χ1) is 10.4. The van der Waals surface area contributed by atoms with Crippen LogP contribution in [0.5, 0.6) is 0 Å². The van der Waals surface area contributed by atoms with Gasteiger partial charge in [0.1, 0.15) is 5.69 Å². The molecule has 7 heteroatoms. The van der Waals surface area contributed by atoms with Gasteiger partial charge in [0.15, 0.2) is 0 Å². The predicted molar refractivity (Wildman–Crippen MR) is 75.5 cm³/mol. The van der Waals surface area contributed by atoms with Gasteiger partial charge in [0.25, 0.3) is 0 Å². The van der Waals surface area contributed by atoms with Crippen LogP contribution in [0.3, 0.4) is 0 Å². The monoisotopic (exact) mass is 312 g/mol. The number of carbonyl (C=O) groups excluding carboxylic acids is 1. The van der Waals surface area contributed by atoms with Crippen LogP contribution in [0.1, 0.15) is 17.5 Å². The first-order valence-electron chi connectivity index (χ1n) is 6.80. The van der Waals surface area contributed by atoms with Crippen molar-refractivity contribution >= 4 is 11.6 Å². The summed E-state index contributed by atoms with van der Waals surface area (Å²) >= 11 is 0. The third-order valence-electron chi connectivity index (χ3n) is 3.80. The molecule has 0 radical (unpaired) electrons. The smallest absolute Gasteiger partial charge is 0.339 e. The van der Waals surface area contributed by atoms with Crippen molar-refractivity contribution in [1.82, 2.24) is 4.90 Å². The molecule has 1 saturated heterocycles. The molecule has 0 spiro atoms. The summed E-state index contributed by atoms with van der Waals surface area (Å²) in [5.41, 5.74) is -1.30. The van der Waals surface area contributed by atoms with Crippen molar-refractivity contribution in [3.05, 3.63) is 46.9 Å². The van der Waals surface area contributed by atoms with E-state index in [-0.39, 0.29) is 23.8 Å². The van der Waals surface area contributed by atoms with E-state index >= 15 is 0 Å². The Bertz CT molecular complexity index is 599. The Morgan fingerprint density at radius 3 is 2.77 bits per heavy atom. The molecule has 1 amide bonds. The number of benzene rings is 1. The van der Waals surface area contributed by atoms with Gasteiger partial charge in [-0.25, -0.2) is 0 Å². The molecule has 118 valence electrons. The van der Waals surface area contributed by atoms with Crippen LogP contribution in [0.25, 0.3) is 0 Å². The summed E-state index contributed by atoms with van der Waals surface area (Å²) in [7, 11) is 0. The van der Waals surface area contributed by atoms with Crippen LogP contribution in [0, 0.1) is 10.8 Å². The van der Waals surface area contributed by atoms with Crippen LogP contribution >= 0.6 is 0 Å². The fourth-order valence-corrected chi connectivity index (χ4v) is 2.73. The molecule has 1 atom stereocenters. The van der Waals surface area contributed by atoms with Crippen LogP contribution in [0.2, 0.25) is 0 Å². The zero-order valence-corrected chi connectivity index (χ0v) is 11.8. The van der Waals surface area contributed by atoms with Crippen LogP contribution in [0.15, 0.2) is 36.0 Å². The summed E-state index contributed by atoms with van der Waals surface area (Å²) in [5, 5.41) is 2.58. The van der Waals surface area contributed by atoms with E-state index in [4.69, 9.17) is 0 Å². The van der Waals surface area contributed by atoms with Crippen molar-refractivity contribution in [2.45, 2.75) is 19.0 Å². The molecule has 0 aromatic heterocycles. The van der Waals surface area contributed by atoms with Gasteiger partial charge in [-0.2, -0.15) is 13.2 Å². The molecule has 1 aromatic rings. The Kier molecular flexibility index (Phi) is 4.63. The lowest BCUT2D eigenvalue weighted by Crippen LogP contribution is -2.26. The number of rotatable bonds is 4. The van der Waals surface area contributed by atoms with Gasteiger partial charge in [-0.1, -0.05) is 18.7 Å². The average molecular weight is 312 g/mol. The van der Waals surface area contributed by atoms with E-state index in [0.29, 0.717) is 19.5 Å². The Hall–Kier alpha value is -2.18. The number of hydrogen-bond acceptors (Lipinski definition) is 3. The average Bonchev–Trinajstić information content (AvgIpc) is 2.93. The van der Waals surface area contributed by atoms with Gasteiger partial charge in [0.2, 0.25) is 5.91 Å². The quantitative estimate of drug-likeness (QED) is 0.629. The molecule has 0 unspecified atom stereocenters. The molecule has 0 aliphatic carbocycles. The molecular weight excluding hydrogens is 297 g/mol. The lowest BCUT2D eigenvalue weighted by atomic mass is 9.95. The van der Waals surface area contributed by atoms with E-state index in [0.717, 1.165) is 6.07 Å². The molecule has 2 rings (SSSR count). The van der Waals surface area contributed by atoms with Crippen LogP contribution < -0.4 is 0 Å². The Morgan fingerprint density at radius 1 is 1.45 bits per heavy atom. The van der Waals surface area contributed by atoms with Gasteiger partial charge in [-0.3, -0.25) is 4.79 Å². The largest absolute Gasteiger partial charge is 0.418 e. The number of nitroso groups, excluding NO2 is 1. The van der Waals surface area contributed by atoms with Crippen LogP contribution in [-0.2, 0) is 17.4 Å². The van der Waals surface area contributed by atoms with E-state index in [1.807, 2.05) is 0 Å². The van der Waals surface area contributed by atoms with Crippen molar-refractivity contribution in [2.24, 2.45) is 11.1 Å². The van der Waals surface area contributed by atoms with Gasteiger partial charge in [-0.15, -0.1) is 4.91 Å². The zero-order chi connectivity index (χ0) is 16.3. The highest BCUT2D eigenvalue weighted by Gasteiger charge is 2.35. The number of nitrogens with zero attached hydrogens (tertiary/aromatic N) is 2. The number of amides is 1. The number of carbonyl (C=O) groups is 1. The maximum absolute atomic E-state index is 12.9. The maximum Gasteiger partial charge on any atom is 0.418 e. The highest BCUT2D eigenvalue weighted by Crippen LogP contribution is 2.39. The van der Waals surface area contributed by atoms with Crippen molar-refractivity contribution in [3.63, 3.8) is 0 Å². The summed E-state index contributed by atoms with van der Waals surface area (Å²) in [6.45, 7) is 4.39. The molecular formula is C15H15F3N2O2. The molecule has 1 fully saturated rings. The molecule has 1 heterocycles. The van der Waals surface area contributed by atoms with Crippen molar-refractivity contribution in [1.29, 1.82) is 0 Å². The Labute approximate surface area is 125 Å². The van der Waals surface area contributed by atoms with Crippen molar-refractivity contribution in [2.75, 3.05) is 13.1 Å². The number of likely N-dealkylation sites (tertiary alicyclic amines) is 1. The minimum atomic E-state index is -4.61. The predicted octanol–water partition coefficient (Wildman–Crippen LogP) is 3.68. The van der Waals surface area contributed by atoms with E-state index in [2.05, 4.69) is 11.8 Å². The normalized spacial score (nSPS) is 18.3. The maximum atomic E-state index is 12.9. The van der Waals surface area contributed by atoms with Gasteiger partial charge in [-0.05, 0) is 41.6 Å². The summed E-state index contributed by atoms with van der Waals surface area (Å²) in [4.78, 5) is 24.0. The fraction of sp³-hybridized carbons (Fsp3) is 0.400. The molecule has 22 heavy (non-hydrogen) atoms. The third kappa shape index (κ3) is 3.35. The number of alkyl halides is 3. The topological polar surface area (TPSA) is 49.7 Å². The lowest BCUT2D eigenvalue weighted by Gasteiger charge is -2.16. The SMILES string of the molecule is C=CC(=O)N1CC[C@H](Cc2cccc(C(F)(F)F)c2N=O)C1. The molecule has 1 aliphatic rings. The van der Waals surface area contributed by atoms with E-state index in [1.165, 1.54) is 18.2 Å². The van der Waals surface area contributed by atoms with E-state index in [9.17, 15) is 22.9 Å². The molecule has 1 aromatic carbocycles. The second-order valence-electron chi connectivity index (χ2n) is 5.25. The summed E-state index contributed by atoms with van der Waals surface area (Å²) in [6, 6.07) is 3.60. The highest BCUT2D eigenvalue weighted by atomic mass is 19.4. The first kappa shape index (κ1) is 16.2. The van der Waals surface area contributed by atoms with Gasteiger partial charge >= 0.3 is 6.18 Å². The highest BCUT2D eigenvalue weighted by molar-refractivity contribution is 5.87. The number of hydrogen-bond donors (Lipinski definition) is 0. The zero-order valence-electron chi connectivity index (χ0n) is 11.8. The summed E-state index contributed by atoms with van der Waals surface area (Å²) in [5.74, 6) is -0.187. The fourth-order valence-electron chi connectivity index (χ4n) is 2.73. The van der Waals surface area contributed by atoms with E-state index < -0.39 is 17.4 Å². The molecule has 4 nitrogen and oxygen atoms in total. The minimum Gasteiger partial charge on any atom is -0.339 e.